The number of hydrogen-bond donors (Lipinski definition) is 2. The number of hydrogen-bond acceptors (Lipinski definition) is 4. The first-order valence-corrected chi connectivity index (χ1v) is 6.62. The summed E-state index contributed by atoms with van der Waals surface area (Å²) in [6.45, 7) is 6.05. The molecule has 0 aliphatic rings. The second kappa shape index (κ2) is 7.14. The second-order valence-electron chi connectivity index (χ2n) is 5.35. The highest BCUT2D eigenvalue weighted by Crippen LogP contribution is 2.12. The van der Waals surface area contributed by atoms with Gasteiger partial charge in [-0.05, 0) is 43.4 Å². The first-order valence-electron chi connectivity index (χ1n) is 6.62. The van der Waals surface area contributed by atoms with Gasteiger partial charge in [0.25, 0.3) is 0 Å². The van der Waals surface area contributed by atoms with Crippen LogP contribution in [-0.4, -0.2) is 23.2 Å². The van der Waals surface area contributed by atoms with Gasteiger partial charge in [-0.15, -0.1) is 0 Å². The van der Waals surface area contributed by atoms with E-state index in [1.54, 1.807) is 24.3 Å². The van der Waals surface area contributed by atoms with E-state index in [1.807, 2.05) is 6.92 Å². The molecule has 4 nitrogen and oxygen atoms in total. The van der Waals surface area contributed by atoms with Gasteiger partial charge < -0.3 is 15.6 Å². The molecule has 2 unspecified atom stereocenters. The number of phenols is 1. The van der Waals surface area contributed by atoms with Crippen LogP contribution >= 0.6 is 0 Å². The lowest BCUT2D eigenvalue weighted by Crippen LogP contribution is -2.36. The molecule has 0 fully saturated rings. The molecule has 0 bridgehead atoms. The maximum atomic E-state index is 11.8. The molecule has 19 heavy (non-hydrogen) atoms. The Labute approximate surface area is 114 Å². The number of carbonyl (C=O) groups excluding carboxylic acids is 1. The van der Waals surface area contributed by atoms with Crippen LogP contribution in [0.3, 0.4) is 0 Å². The molecule has 0 saturated heterocycles. The summed E-state index contributed by atoms with van der Waals surface area (Å²) in [5, 5.41) is 9.18. The first-order chi connectivity index (χ1) is 8.88. The SMILES string of the molecule is CC(C)CC(C)OC(=O)C(N)Cc1ccc(O)cc1. The number of benzene rings is 1. The summed E-state index contributed by atoms with van der Waals surface area (Å²) in [5.41, 5.74) is 6.73. The zero-order valence-corrected chi connectivity index (χ0v) is 11.8. The predicted molar refractivity (Wildman–Crippen MR) is 74.8 cm³/mol. The molecule has 0 heterocycles. The van der Waals surface area contributed by atoms with Crippen molar-refractivity contribution < 1.29 is 14.6 Å². The maximum Gasteiger partial charge on any atom is 0.323 e. The molecule has 4 heteroatoms. The lowest BCUT2D eigenvalue weighted by atomic mass is 10.1. The number of aromatic hydroxyl groups is 1. The molecule has 0 aliphatic carbocycles. The van der Waals surface area contributed by atoms with Gasteiger partial charge in [-0.1, -0.05) is 26.0 Å². The third kappa shape index (κ3) is 5.75. The predicted octanol–water partition coefficient (Wildman–Crippen LogP) is 2.24. The quantitative estimate of drug-likeness (QED) is 0.774. The standard InChI is InChI=1S/C15H23NO3/c1-10(2)8-11(3)19-15(18)14(16)9-12-4-6-13(17)7-5-12/h4-7,10-11,14,17H,8-9,16H2,1-3H3. The highest BCUT2D eigenvalue weighted by Gasteiger charge is 2.18. The van der Waals surface area contributed by atoms with Crippen molar-refractivity contribution in [2.45, 2.75) is 45.8 Å². The van der Waals surface area contributed by atoms with Crippen molar-refractivity contribution in [2.24, 2.45) is 11.7 Å². The summed E-state index contributed by atoms with van der Waals surface area (Å²) >= 11 is 0. The van der Waals surface area contributed by atoms with E-state index >= 15 is 0 Å². The number of nitrogens with two attached hydrogens (primary N) is 1. The van der Waals surface area contributed by atoms with E-state index in [9.17, 15) is 9.90 Å². The first kappa shape index (κ1) is 15.5. The van der Waals surface area contributed by atoms with Crippen molar-refractivity contribution in [3.8, 4) is 5.75 Å². The van der Waals surface area contributed by atoms with Crippen molar-refractivity contribution >= 4 is 5.97 Å². The van der Waals surface area contributed by atoms with Gasteiger partial charge >= 0.3 is 5.97 Å². The van der Waals surface area contributed by atoms with E-state index < -0.39 is 6.04 Å². The Morgan fingerprint density at radius 3 is 2.37 bits per heavy atom. The Morgan fingerprint density at radius 1 is 1.26 bits per heavy atom. The number of phenolic OH excluding ortho intramolecular Hbond substituents is 1. The Balaban J connectivity index is 2.46. The van der Waals surface area contributed by atoms with Crippen LogP contribution in [-0.2, 0) is 16.0 Å². The highest BCUT2D eigenvalue weighted by molar-refractivity contribution is 5.76. The van der Waals surface area contributed by atoms with Crippen molar-refractivity contribution in [1.82, 2.24) is 0 Å². The van der Waals surface area contributed by atoms with E-state index in [0.717, 1.165) is 12.0 Å². The van der Waals surface area contributed by atoms with Gasteiger partial charge in [0.05, 0.1) is 6.10 Å². The fraction of sp³-hybridized carbons (Fsp3) is 0.533. The van der Waals surface area contributed by atoms with E-state index in [1.165, 1.54) is 0 Å². The van der Waals surface area contributed by atoms with Crippen molar-refractivity contribution in [3.63, 3.8) is 0 Å². The summed E-state index contributed by atoms with van der Waals surface area (Å²) < 4.78 is 5.31. The third-order valence-corrected chi connectivity index (χ3v) is 2.82. The van der Waals surface area contributed by atoms with Crippen LogP contribution < -0.4 is 5.73 Å². The topological polar surface area (TPSA) is 72.5 Å². The molecule has 3 N–H and O–H groups in total. The average molecular weight is 265 g/mol. The van der Waals surface area contributed by atoms with Gasteiger partial charge in [-0.2, -0.15) is 0 Å². The normalized spacial score (nSPS) is 14.2. The molecular formula is C15H23NO3. The molecule has 0 spiro atoms. The molecule has 0 aromatic heterocycles. The number of rotatable bonds is 6. The average Bonchev–Trinajstić information content (AvgIpc) is 2.30. The smallest absolute Gasteiger partial charge is 0.323 e. The van der Waals surface area contributed by atoms with Crippen LogP contribution in [0, 0.1) is 5.92 Å². The van der Waals surface area contributed by atoms with E-state index in [0.29, 0.717) is 12.3 Å². The Bertz CT molecular complexity index is 400. The molecule has 0 radical (unpaired) electrons. The Morgan fingerprint density at radius 2 is 1.84 bits per heavy atom. The van der Waals surface area contributed by atoms with Crippen LogP contribution in [0.5, 0.6) is 5.75 Å². The molecule has 0 aliphatic heterocycles. The van der Waals surface area contributed by atoms with E-state index in [2.05, 4.69) is 13.8 Å². The number of carbonyl (C=O) groups is 1. The van der Waals surface area contributed by atoms with Crippen LogP contribution in [0.4, 0.5) is 0 Å². The fourth-order valence-electron chi connectivity index (χ4n) is 1.97. The van der Waals surface area contributed by atoms with Gasteiger partial charge in [-0.25, -0.2) is 0 Å². The molecule has 1 aromatic rings. The molecule has 0 amide bonds. The number of esters is 1. The minimum atomic E-state index is -0.667. The largest absolute Gasteiger partial charge is 0.508 e. The monoisotopic (exact) mass is 265 g/mol. The molecule has 2 atom stereocenters. The molecule has 106 valence electrons. The van der Waals surface area contributed by atoms with Crippen molar-refractivity contribution in [1.29, 1.82) is 0 Å². The van der Waals surface area contributed by atoms with Crippen LogP contribution in [0.25, 0.3) is 0 Å². The molecule has 1 rings (SSSR count). The van der Waals surface area contributed by atoms with Gasteiger partial charge in [0, 0.05) is 0 Å². The summed E-state index contributed by atoms with van der Waals surface area (Å²) in [7, 11) is 0. The van der Waals surface area contributed by atoms with E-state index in [4.69, 9.17) is 10.5 Å². The van der Waals surface area contributed by atoms with E-state index in [-0.39, 0.29) is 17.8 Å². The minimum Gasteiger partial charge on any atom is -0.508 e. The molecule has 0 saturated carbocycles. The lowest BCUT2D eigenvalue weighted by Gasteiger charge is -2.18. The zero-order chi connectivity index (χ0) is 14.4. The van der Waals surface area contributed by atoms with Crippen LogP contribution in [0.2, 0.25) is 0 Å². The summed E-state index contributed by atoms with van der Waals surface area (Å²) in [6, 6.07) is 5.99. The summed E-state index contributed by atoms with van der Waals surface area (Å²) in [5.74, 6) is 0.308. The Hall–Kier alpha value is -1.55. The zero-order valence-electron chi connectivity index (χ0n) is 11.8. The number of ether oxygens (including phenoxy) is 1. The fourth-order valence-corrected chi connectivity index (χ4v) is 1.97. The van der Waals surface area contributed by atoms with Gasteiger partial charge in [0.2, 0.25) is 0 Å². The van der Waals surface area contributed by atoms with Gasteiger partial charge in [0.15, 0.2) is 0 Å². The molecule has 1 aromatic carbocycles. The second-order valence-corrected chi connectivity index (χ2v) is 5.35. The van der Waals surface area contributed by atoms with Gasteiger partial charge in [0.1, 0.15) is 11.8 Å². The lowest BCUT2D eigenvalue weighted by molar-refractivity contribution is -0.150. The highest BCUT2D eigenvalue weighted by atomic mass is 16.5. The summed E-state index contributed by atoms with van der Waals surface area (Å²) in [4.78, 5) is 11.8. The maximum absolute atomic E-state index is 11.8. The summed E-state index contributed by atoms with van der Waals surface area (Å²) in [6.07, 6.45) is 1.13. The van der Waals surface area contributed by atoms with Gasteiger partial charge in [-0.3, -0.25) is 4.79 Å². The van der Waals surface area contributed by atoms with Crippen LogP contribution in [0.1, 0.15) is 32.8 Å². The Kier molecular flexibility index (Phi) is 5.83. The minimum absolute atomic E-state index is 0.113. The van der Waals surface area contributed by atoms with Crippen LogP contribution in [0.15, 0.2) is 24.3 Å². The van der Waals surface area contributed by atoms with Crippen molar-refractivity contribution in [2.75, 3.05) is 0 Å². The third-order valence-electron chi connectivity index (χ3n) is 2.82. The van der Waals surface area contributed by atoms with Crippen molar-refractivity contribution in [3.05, 3.63) is 29.8 Å². The molecular weight excluding hydrogens is 242 g/mol.